The molecule has 3 rings (SSSR count). The van der Waals surface area contributed by atoms with Crippen LogP contribution in [0.4, 0.5) is 5.69 Å². The van der Waals surface area contributed by atoms with E-state index in [1.165, 1.54) is 0 Å². The van der Waals surface area contributed by atoms with Gasteiger partial charge < -0.3 is 20.7 Å². The van der Waals surface area contributed by atoms with Gasteiger partial charge in [0.1, 0.15) is 6.10 Å². The van der Waals surface area contributed by atoms with Crippen molar-refractivity contribution in [1.29, 1.82) is 0 Å². The number of carbonyl (C=O) groups is 2. The normalized spacial score (nSPS) is 23.4. The van der Waals surface area contributed by atoms with E-state index >= 15 is 0 Å². The number of nitrogens with two attached hydrogens (primary N) is 1. The number of aryl methyl sites for hydroxylation is 2. The van der Waals surface area contributed by atoms with Gasteiger partial charge in [-0.25, -0.2) is 0 Å². The van der Waals surface area contributed by atoms with Crippen molar-refractivity contribution in [3.05, 3.63) is 29.3 Å². The van der Waals surface area contributed by atoms with E-state index in [1.807, 2.05) is 36.9 Å². The van der Waals surface area contributed by atoms with Gasteiger partial charge in [-0.05, 0) is 37.8 Å². The monoisotopic (exact) mass is 374 g/mol. The second-order valence-corrected chi connectivity index (χ2v) is 7.48. The van der Waals surface area contributed by atoms with Gasteiger partial charge in [0.05, 0.1) is 12.6 Å². The lowest BCUT2D eigenvalue weighted by Gasteiger charge is -2.35. The lowest BCUT2D eigenvalue weighted by Crippen LogP contribution is -2.52. The molecular weight excluding hydrogens is 344 g/mol. The molecule has 7 nitrogen and oxygen atoms in total. The first-order valence-corrected chi connectivity index (χ1v) is 9.70. The number of rotatable bonds is 5. The number of nitrogens with one attached hydrogen (secondary N) is 1. The zero-order valence-corrected chi connectivity index (χ0v) is 16.2. The predicted octanol–water partition coefficient (Wildman–Crippen LogP) is 0.892. The smallest absolute Gasteiger partial charge is 0.251 e. The minimum Gasteiger partial charge on any atom is -0.364 e. The van der Waals surface area contributed by atoms with Crippen LogP contribution < -0.4 is 11.1 Å². The zero-order valence-electron chi connectivity index (χ0n) is 16.2. The van der Waals surface area contributed by atoms with Crippen molar-refractivity contribution in [2.75, 3.05) is 44.6 Å². The highest BCUT2D eigenvalue weighted by atomic mass is 16.5. The molecule has 2 aliphatic heterocycles. The van der Waals surface area contributed by atoms with E-state index in [-0.39, 0.29) is 24.0 Å². The van der Waals surface area contributed by atoms with Crippen molar-refractivity contribution in [3.63, 3.8) is 0 Å². The molecule has 0 radical (unpaired) electrons. The van der Waals surface area contributed by atoms with Crippen LogP contribution in [0.5, 0.6) is 0 Å². The molecule has 0 unspecified atom stereocenters. The minimum absolute atomic E-state index is 0.00818. The van der Waals surface area contributed by atoms with Gasteiger partial charge in [0.15, 0.2) is 0 Å². The second kappa shape index (κ2) is 8.82. The summed E-state index contributed by atoms with van der Waals surface area (Å²) < 4.78 is 5.71. The third-order valence-corrected chi connectivity index (χ3v) is 5.44. The number of hydrogen-bond donors (Lipinski definition) is 2. The number of hydrogen-bond acceptors (Lipinski definition) is 5. The van der Waals surface area contributed by atoms with Gasteiger partial charge in [0, 0.05) is 38.4 Å². The fourth-order valence-electron chi connectivity index (χ4n) is 3.78. The van der Waals surface area contributed by atoms with E-state index < -0.39 is 0 Å². The minimum atomic E-state index is -0.350. The van der Waals surface area contributed by atoms with Crippen molar-refractivity contribution in [1.82, 2.24) is 9.80 Å². The molecule has 2 saturated heterocycles. The first-order chi connectivity index (χ1) is 13.0. The van der Waals surface area contributed by atoms with Crippen molar-refractivity contribution < 1.29 is 14.3 Å². The largest absolute Gasteiger partial charge is 0.364 e. The SMILES string of the molecule is Cc1cccc(C)c1NC(=O)CN1CCN(C(=O)[C@@H]2CC[C@H](CN)O2)CC1. The summed E-state index contributed by atoms with van der Waals surface area (Å²) in [7, 11) is 0. The van der Waals surface area contributed by atoms with Crippen LogP contribution in [0.15, 0.2) is 18.2 Å². The summed E-state index contributed by atoms with van der Waals surface area (Å²) in [5, 5.41) is 3.02. The third-order valence-electron chi connectivity index (χ3n) is 5.44. The summed E-state index contributed by atoms with van der Waals surface area (Å²) in [6, 6.07) is 5.97. The number of carbonyl (C=O) groups excluding carboxylic acids is 2. The number of anilines is 1. The summed E-state index contributed by atoms with van der Waals surface area (Å²) in [4.78, 5) is 28.9. The molecule has 1 aromatic rings. The molecule has 2 heterocycles. The molecule has 0 bridgehead atoms. The average molecular weight is 374 g/mol. The molecule has 1 aromatic carbocycles. The number of ether oxygens (including phenoxy) is 1. The molecule has 0 saturated carbocycles. The Morgan fingerprint density at radius 2 is 1.81 bits per heavy atom. The molecule has 2 amide bonds. The summed E-state index contributed by atoms with van der Waals surface area (Å²) in [6.07, 6.45) is 1.26. The summed E-state index contributed by atoms with van der Waals surface area (Å²) >= 11 is 0. The highest BCUT2D eigenvalue weighted by Crippen LogP contribution is 2.22. The number of amides is 2. The Bertz CT molecular complexity index is 666. The molecule has 148 valence electrons. The molecular formula is C20H30N4O3. The fraction of sp³-hybridized carbons (Fsp3) is 0.600. The summed E-state index contributed by atoms with van der Waals surface area (Å²) in [5.41, 5.74) is 8.63. The maximum Gasteiger partial charge on any atom is 0.251 e. The number of piperazine rings is 1. The van der Waals surface area contributed by atoms with Gasteiger partial charge in [-0.3, -0.25) is 14.5 Å². The maximum absolute atomic E-state index is 12.6. The molecule has 2 fully saturated rings. The predicted molar refractivity (Wildman–Crippen MR) is 105 cm³/mol. The zero-order chi connectivity index (χ0) is 19.4. The first-order valence-electron chi connectivity index (χ1n) is 9.70. The van der Waals surface area contributed by atoms with E-state index in [0.29, 0.717) is 39.3 Å². The van der Waals surface area contributed by atoms with Gasteiger partial charge >= 0.3 is 0 Å². The Morgan fingerprint density at radius 3 is 2.41 bits per heavy atom. The lowest BCUT2D eigenvalue weighted by molar-refractivity contribution is -0.144. The van der Waals surface area contributed by atoms with Crippen molar-refractivity contribution in [2.24, 2.45) is 5.73 Å². The lowest BCUT2D eigenvalue weighted by atomic mass is 10.1. The molecule has 3 N–H and O–H groups in total. The highest BCUT2D eigenvalue weighted by Gasteiger charge is 2.34. The van der Waals surface area contributed by atoms with Crippen LogP contribution in [0.25, 0.3) is 0 Å². The molecule has 2 atom stereocenters. The summed E-state index contributed by atoms with van der Waals surface area (Å²) in [6.45, 7) is 7.43. The first kappa shape index (κ1) is 19.8. The van der Waals surface area contributed by atoms with Crippen LogP contribution >= 0.6 is 0 Å². The van der Waals surface area contributed by atoms with Crippen LogP contribution in [0, 0.1) is 13.8 Å². The van der Waals surface area contributed by atoms with E-state index in [9.17, 15) is 9.59 Å². The highest BCUT2D eigenvalue weighted by molar-refractivity contribution is 5.93. The maximum atomic E-state index is 12.6. The van der Waals surface area contributed by atoms with E-state index in [2.05, 4.69) is 10.2 Å². The topological polar surface area (TPSA) is 87.9 Å². The molecule has 0 aliphatic carbocycles. The Labute approximate surface area is 160 Å². The van der Waals surface area contributed by atoms with Crippen LogP contribution in [0.1, 0.15) is 24.0 Å². The van der Waals surface area contributed by atoms with Crippen molar-refractivity contribution in [3.8, 4) is 0 Å². The van der Waals surface area contributed by atoms with Gasteiger partial charge in [-0.15, -0.1) is 0 Å². The van der Waals surface area contributed by atoms with Crippen LogP contribution in [0.3, 0.4) is 0 Å². The van der Waals surface area contributed by atoms with E-state index in [4.69, 9.17) is 10.5 Å². The number of benzene rings is 1. The van der Waals surface area contributed by atoms with E-state index in [0.717, 1.165) is 29.7 Å². The Morgan fingerprint density at radius 1 is 1.15 bits per heavy atom. The quantitative estimate of drug-likeness (QED) is 0.799. The average Bonchev–Trinajstić information content (AvgIpc) is 3.14. The standard InChI is InChI=1S/C20H30N4O3/c1-14-4-3-5-15(2)19(14)22-18(25)13-23-8-10-24(11-9-23)20(26)17-7-6-16(12-21)27-17/h3-5,16-17H,6-13,21H2,1-2H3,(H,22,25)/t16-,17+/m1/s1. The third kappa shape index (κ3) is 4.86. The molecule has 7 heteroatoms. The van der Waals surface area contributed by atoms with E-state index in [1.54, 1.807) is 0 Å². The van der Waals surface area contributed by atoms with Gasteiger partial charge in [0.2, 0.25) is 5.91 Å². The second-order valence-electron chi connectivity index (χ2n) is 7.48. The Balaban J connectivity index is 1.45. The molecule has 0 aromatic heterocycles. The Hall–Kier alpha value is -1.96. The number of para-hydroxylation sites is 1. The fourth-order valence-corrected chi connectivity index (χ4v) is 3.78. The van der Waals surface area contributed by atoms with Crippen LogP contribution in [0.2, 0.25) is 0 Å². The summed E-state index contributed by atoms with van der Waals surface area (Å²) in [5.74, 6) is 0.0441. The van der Waals surface area contributed by atoms with Gasteiger partial charge in [-0.2, -0.15) is 0 Å². The van der Waals surface area contributed by atoms with Crippen molar-refractivity contribution >= 4 is 17.5 Å². The Kier molecular flexibility index (Phi) is 6.46. The van der Waals surface area contributed by atoms with Gasteiger partial charge in [0.25, 0.3) is 5.91 Å². The van der Waals surface area contributed by atoms with Crippen LogP contribution in [-0.2, 0) is 14.3 Å². The van der Waals surface area contributed by atoms with Gasteiger partial charge in [-0.1, -0.05) is 18.2 Å². The molecule has 27 heavy (non-hydrogen) atoms. The molecule has 2 aliphatic rings. The van der Waals surface area contributed by atoms with Crippen molar-refractivity contribution in [2.45, 2.75) is 38.9 Å². The molecule has 0 spiro atoms. The number of nitrogens with zero attached hydrogens (tertiary/aromatic N) is 2. The van der Waals surface area contributed by atoms with Crippen LogP contribution in [-0.4, -0.2) is 73.1 Å².